The second-order valence-corrected chi connectivity index (χ2v) is 7.94. The summed E-state index contributed by atoms with van der Waals surface area (Å²) in [6.07, 6.45) is 4.02. The van der Waals surface area contributed by atoms with Crippen molar-refractivity contribution in [1.29, 1.82) is 0 Å². The van der Waals surface area contributed by atoms with E-state index in [-0.39, 0.29) is 4.90 Å². The lowest BCUT2D eigenvalue weighted by molar-refractivity contribution is 0.601. The molecule has 5 heteroatoms. The molecule has 0 aliphatic carbocycles. The number of hydrogen-bond acceptors (Lipinski definition) is 2. The molecule has 0 amide bonds. The van der Waals surface area contributed by atoms with Crippen LogP contribution in [0.3, 0.4) is 0 Å². The van der Waals surface area contributed by atoms with Crippen LogP contribution in [0.5, 0.6) is 0 Å². The number of anilines is 1. The molecule has 0 aliphatic heterocycles. The quantitative estimate of drug-likeness (QED) is 0.571. The van der Waals surface area contributed by atoms with Crippen molar-refractivity contribution in [2.45, 2.75) is 11.8 Å². The predicted molar refractivity (Wildman–Crippen MR) is 105 cm³/mol. The Labute approximate surface area is 152 Å². The van der Waals surface area contributed by atoms with E-state index < -0.39 is 10.0 Å². The summed E-state index contributed by atoms with van der Waals surface area (Å²) >= 11 is 0. The second kappa shape index (κ2) is 6.35. The Hall–Kier alpha value is -3.05. The molecule has 4 rings (SSSR count). The van der Waals surface area contributed by atoms with E-state index in [0.29, 0.717) is 5.69 Å². The number of sulfonamides is 1. The van der Waals surface area contributed by atoms with Gasteiger partial charge in [0.1, 0.15) is 0 Å². The third-order valence-electron chi connectivity index (χ3n) is 4.28. The molecule has 2 heterocycles. The Morgan fingerprint density at radius 2 is 1.65 bits per heavy atom. The van der Waals surface area contributed by atoms with Gasteiger partial charge in [0, 0.05) is 29.2 Å². The highest BCUT2D eigenvalue weighted by Gasteiger charge is 2.14. The largest absolute Gasteiger partial charge is 0.323 e. The van der Waals surface area contributed by atoms with Crippen molar-refractivity contribution in [1.82, 2.24) is 4.40 Å². The fraction of sp³-hybridized carbons (Fsp3) is 0.0476. The first-order valence-corrected chi connectivity index (χ1v) is 9.76. The summed E-state index contributed by atoms with van der Waals surface area (Å²) in [5, 5.41) is 0. The first-order chi connectivity index (χ1) is 12.5. The molecule has 0 spiro atoms. The number of nitrogens with one attached hydrogen (secondary N) is 1. The van der Waals surface area contributed by atoms with Gasteiger partial charge in [-0.3, -0.25) is 4.72 Å². The highest BCUT2D eigenvalue weighted by molar-refractivity contribution is 7.92. The van der Waals surface area contributed by atoms with Crippen molar-refractivity contribution in [3.8, 4) is 11.1 Å². The van der Waals surface area contributed by atoms with Crippen LogP contribution in [0.25, 0.3) is 16.6 Å². The third kappa shape index (κ3) is 3.21. The maximum Gasteiger partial charge on any atom is 0.261 e. The van der Waals surface area contributed by atoms with Gasteiger partial charge in [-0.2, -0.15) is 0 Å². The van der Waals surface area contributed by atoms with Crippen molar-refractivity contribution in [2.24, 2.45) is 0 Å². The molecule has 0 saturated carbocycles. The summed E-state index contributed by atoms with van der Waals surface area (Å²) in [5.41, 5.74) is 4.64. The molecule has 4 aromatic rings. The molecule has 1 N–H and O–H groups in total. The summed E-state index contributed by atoms with van der Waals surface area (Å²) in [4.78, 5) is 0.253. The molecule has 0 saturated heterocycles. The standard InChI is InChI=1S/C21H18N2O2S/c1-16-8-10-21(11-9-16)26(24,25)22-19-6-4-5-17(13-19)18-14-20-7-2-3-12-23(20)15-18/h2-15,22H,1H3. The van der Waals surface area contributed by atoms with Gasteiger partial charge in [0.15, 0.2) is 0 Å². The molecule has 0 aliphatic rings. The van der Waals surface area contributed by atoms with Gasteiger partial charge in [0.2, 0.25) is 0 Å². The van der Waals surface area contributed by atoms with Gasteiger partial charge in [0.25, 0.3) is 10.0 Å². The van der Waals surface area contributed by atoms with E-state index in [0.717, 1.165) is 22.2 Å². The van der Waals surface area contributed by atoms with E-state index in [2.05, 4.69) is 10.8 Å². The first-order valence-electron chi connectivity index (χ1n) is 8.28. The molecule has 2 aromatic heterocycles. The number of pyridine rings is 1. The summed E-state index contributed by atoms with van der Waals surface area (Å²) < 4.78 is 29.9. The molecule has 0 radical (unpaired) electrons. The smallest absolute Gasteiger partial charge is 0.261 e. The SMILES string of the molecule is Cc1ccc(S(=O)(=O)Nc2cccc(-c3cc4ccccn4c3)c2)cc1. The Bertz CT molecular complexity index is 1140. The summed E-state index contributed by atoms with van der Waals surface area (Å²) in [5.74, 6) is 0. The fourth-order valence-corrected chi connectivity index (χ4v) is 3.96. The number of benzene rings is 2. The van der Waals surface area contributed by atoms with Crippen molar-refractivity contribution in [3.63, 3.8) is 0 Å². The molecule has 0 atom stereocenters. The van der Waals surface area contributed by atoms with Crippen LogP contribution in [0.1, 0.15) is 5.56 Å². The predicted octanol–water partition coefficient (Wildman–Crippen LogP) is 4.72. The number of nitrogens with zero attached hydrogens (tertiary/aromatic N) is 1. The average Bonchev–Trinajstić information content (AvgIpc) is 3.06. The van der Waals surface area contributed by atoms with Crippen LogP contribution in [0.2, 0.25) is 0 Å². The molecule has 4 nitrogen and oxygen atoms in total. The summed E-state index contributed by atoms with van der Waals surface area (Å²) in [6.45, 7) is 1.93. The molecular formula is C21H18N2O2S. The van der Waals surface area contributed by atoms with Crippen LogP contribution < -0.4 is 4.72 Å². The Morgan fingerprint density at radius 1 is 0.846 bits per heavy atom. The van der Waals surface area contributed by atoms with Crippen LogP contribution in [-0.4, -0.2) is 12.8 Å². The first kappa shape index (κ1) is 16.4. The summed E-state index contributed by atoms with van der Waals surface area (Å²) in [7, 11) is -3.61. The normalized spacial score (nSPS) is 11.6. The van der Waals surface area contributed by atoms with Crippen molar-refractivity contribution in [2.75, 3.05) is 4.72 Å². The molecule has 0 fully saturated rings. The summed E-state index contributed by atoms with van der Waals surface area (Å²) in [6, 6.07) is 22.3. The topological polar surface area (TPSA) is 50.6 Å². The number of hydrogen-bond donors (Lipinski definition) is 1. The highest BCUT2D eigenvalue weighted by atomic mass is 32.2. The van der Waals surface area contributed by atoms with Gasteiger partial charge in [-0.15, -0.1) is 0 Å². The van der Waals surface area contributed by atoms with E-state index in [9.17, 15) is 8.42 Å². The molecule has 2 aromatic carbocycles. The molecule has 130 valence electrons. The Morgan fingerprint density at radius 3 is 2.42 bits per heavy atom. The van der Waals surface area contributed by atoms with Crippen molar-refractivity contribution >= 4 is 21.2 Å². The van der Waals surface area contributed by atoms with Gasteiger partial charge in [-0.1, -0.05) is 35.9 Å². The highest BCUT2D eigenvalue weighted by Crippen LogP contribution is 2.26. The number of rotatable bonds is 4. The number of aryl methyl sites for hydroxylation is 1. The minimum atomic E-state index is -3.61. The molecule has 0 unspecified atom stereocenters. The number of fused-ring (bicyclic) bond motifs is 1. The Balaban J connectivity index is 1.66. The van der Waals surface area contributed by atoms with Gasteiger partial charge < -0.3 is 4.40 Å². The maximum absolute atomic E-state index is 12.6. The molecule has 0 bridgehead atoms. The van der Waals surface area contributed by atoms with Gasteiger partial charge in [-0.05, 0) is 55.0 Å². The zero-order valence-electron chi connectivity index (χ0n) is 14.3. The minimum absolute atomic E-state index is 0.253. The second-order valence-electron chi connectivity index (χ2n) is 6.26. The fourth-order valence-electron chi connectivity index (χ4n) is 2.91. The maximum atomic E-state index is 12.6. The van der Waals surface area contributed by atoms with Crippen LogP contribution >= 0.6 is 0 Å². The van der Waals surface area contributed by atoms with E-state index in [1.165, 1.54) is 0 Å². The molecule has 26 heavy (non-hydrogen) atoms. The van der Waals surface area contributed by atoms with E-state index in [4.69, 9.17) is 0 Å². The van der Waals surface area contributed by atoms with Crippen molar-refractivity contribution < 1.29 is 8.42 Å². The van der Waals surface area contributed by atoms with Gasteiger partial charge in [0.05, 0.1) is 4.90 Å². The average molecular weight is 362 g/mol. The monoisotopic (exact) mass is 362 g/mol. The van der Waals surface area contributed by atoms with Gasteiger partial charge in [-0.25, -0.2) is 8.42 Å². The number of aromatic nitrogens is 1. The van der Waals surface area contributed by atoms with Gasteiger partial charge >= 0.3 is 0 Å². The third-order valence-corrected chi connectivity index (χ3v) is 5.68. The van der Waals surface area contributed by atoms with Crippen molar-refractivity contribution in [3.05, 3.63) is 90.8 Å². The zero-order valence-corrected chi connectivity index (χ0v) is 15.1. The van der Waals surface area contributed by atoms with Crippen LogP contribution in [-0.2, 0) is 10.0 Å². The van der Waals surface area contributed by atoms with Crippen LogP contribution in [0.15, 0.2) is 90.1 Å². The minimum Gasteiger partial charge on any atom is -0.323 e. The lowest BCUT2D eigenvalue weighted by Crippen LogP contribution is -2.12. The van der Waals surface area contributed by atoms with E-state index in [1.807, 2.05) is 60.1 Å². The van der Waals surface area contributed by atoms with E-state index >= 15 is 0 Å². The van der Waals surface area contributed by atoms with E-state index in [1.54, 1.807) is 30.3 Å². The van der Waals surface area contributed by atoms with Crippen LogP contribution in [0, 0.1) is 6.92 Å². The van der Waals surface area contributed by atoms with Crippen LogP contribution in [0.4, 0.5) is 5.69 Å². The zero-order chi connectivity index (χ0) is 18.1. The Kier molecular flexibility index (Phi) is 4.01. The molecular weight excluding hydrogens is 344 g/mol. The lowest BCUT2D eigenvalue weighted by atomic mass is 10.1. The lowest BCUT2D eigenvalue weighted by Gasteiger charge is -2.09.